The predicted molar refractivity (Wildman–Crippen MR) is 72.6 cm³/mol. The molecule has 0 aliphatic heterocycles. The van der Waals surface area contributed by atoms with Crippen LogP contribution in [0.15, 0.2) is 12.7 Å². The second-order valence-electron chi connectivity index (χ2n) is 6.35. The number of rotatable bonds is 7. The van der Waals surface area contributed by atoms with Gasteiger partial charge in [0.2, 0.25) is 0 Å². The molecule has 1 rings (SSSR count). The van der Waals surface area contributed by atoms with E-state index in [0.29, 0.717) is 5.92 Å². The van der Waals surface area contributed by atoms with Crippen LogP contribution in [-0.4, -0.2) is 23.1 Å². The minimum Gasteiger partial charge on any atom is -0.481 e. The number of hydrogen-bond donors (Lipinski definition) is 1. The van der Waals surface area contributed by atoms with Crippen LogP contribution in [0.2, 0.25) is 0 Å². The SMILES string of the molecule is C=CCC[C@@H]1C[C@H]1OC(=O)C[C@H](C(=O)O)C(C)(C)C. The molecular weight excluding hydrogens is 244 g/mol. The van der Waals surface area contributed by atoms with E-state index in [4.69, 9.17) is 9.84 Å². The van der Waals surface area contributed by atoms with Crippen LogP contribution >= 0.6 is 0 Å². The molecule has 108 valence electrons. The Bertz CT molecular complexity index is 354. The van der Waals surface area contributed by atoms with E-state index in [1.54, 1.807) is 0 Å². The van der Waals surface area contributed by atoms with Gasteiger partial charge in [-0.2, -0.15) is 0 Å². The Labute approximate surface area is 114 Å². The summed E-state index contributed by atoms with van der Waals surface area (Å²) in [6, 6.07) is 0. The fourth-order valence-electron chi connectivity index (χ4n) is 2.15. The lowest BCUT2D eigenvalue weighted by molar-refractivity contribution is -0.156. The van der Waals surface area contributed by atoms with Crippen LogP contribution in [-0.2, 0) is 14.3 Å². The van der Waals surface area contributed by atoms with Crippen molar-refractivity contribution in [2.24, 2.45) is 17.3 Å². The zero-order valence-electron chi connectivity index (χ0n) is 12.0. The molecule has 1 saturated carbocycles. The third-order valence-corrected chi connectivity index (χ3v) is 3.60. The first kappa shape index (κ1) is 15.7. The Morgan fingerprint density at radius 3 is 2.58 bits per heavy atom. The van der Waals surface area contributed by atoms with Crippen molar-refractivity contribution in [1.82, 2.24) is 0 Å². The summed E-state index contributed by atoms with van der Waals surface area (Å²) in [6.07, 6.45) is 4.61. The number of allylic oxidation sites excluding steroid dienone is 1. The van der Waals surface area contributed by atoms with Gasteiger partial charge in [-0.25, -0.2) is 0 Å². The Hall–Kier alpha value is -1.32. The summed E-state index contributed by atoms with van der Waals surface area (Å²) in [5.74, 6) is -1.61. The van der Waals surface area contributed by atoms with Gasteiger partial charge >= 0.3 is 11.9 Å². The van der Waals surface area contributed by atoms with Crippen molar-refractivity contribution in [3.8, 4) is 0 Å². The van der Waals surface area contributed by atoms with Gasteiger partial charge in [-0.1, -0.05) is 26.8 Å². The van der Waals surface area contributed by atoms with Crippen molar-refractivity contribution in [2.45, 2.75) is 52.6 Å². The molecule has 0 amide bonds. The van der Waals surface area contributed by atoms with Crippen LogP contribution in [0, 0.1) is 17.3 Å². The maximum Gasteiger partial charge on any atom is 0.307 e. The molecular formula is C15H24O4. The van der Waals surface area contributed by atoms with E-state index in [0.717, 1.165) is 19.3 Å². The van der Waals surface area contributed by atoms with Crippen LogP contribution in [0.1, 0.15) is 46.5 Å². The molecule has 0 aromatic rings. The number of hydrogen-bond acceptors (Lipinski definition) is 3. The normalized spacial score (nSPS) is 23.5. The molecule has 1 aliphatic rings. The van der Waals surface area contributed by atoms with Crippen molar-refractivity contribution >= 4 is 11.9 Å². The summed E-state index contributed by atoms with van der Waals surface area (Å²) < 4.78 is 5.31. The Morgan fingerprint density at radius 2 is 2.11 bits per heavy atom. The Balaban J connectivity index is 2.39. The number of carbonyl (C=O) groups is 2. The maximum absolute atomic E-state index is 11.8. The first-order valence-corrected chi connectivity index (χ1v) is 6.79. The molecule has 0 bridgehead atoms. The highest BCUT2D eigenvalue weighted by Crippen LogP contribution is 2.38. The summed E-state index contributed by atoms with van der Waals surface area (Å²) >= 11 is 0. The second kappa shape index (κ2) is 6.22. The maximum atomic E-state index is 11.8. The topological polar surface area (TPSA) is 63.6 Å². The summed E-state index contributed by atoms with van der Waals surface area (Å²) in [5.41, 5.74) is -0.448. The molecule has 0 unspecified atom stereocenters. The van der Waals surface area contributed by atoms with Crippen molar-refractivity contribution in [1.29, 1.82) is 0 Å². The molecule has 0 spiro atoms. The summed E-state index contributed by atoms with van der Waals surface area (Å²) in [6.45, 7) is 9.13. The summed E-state index contributed by atoms with van der Waals surface area (Å²) in [5, 5.41) is 9.16. The highest BCUT2D eigenvalue weighted by molar-refractivity contribution is 5.79. The zero-order valence-corrected chi connectivity index (χ0v) is 12.0. The third kappa shape index (κ3) is 5.05. The van der Waals surface area contributed by atoms with Gasteiger partial charge in [0, 0.05) is 0 Å². The summed E-state index contributed by atoms with van der Waals surface area (Å²) in [4.78, 5) is 22.9. The van der Waals surface area contributed by atoms with Crippen LogP contribution in [0.25, 0.3) is 0 Å². The van der Waals surface area contributed by atoms with E-state index in [1.807, 2.05) is 26.8 Å². The van der Waals surface area contributed by atoms with Gasteiger partial charge in [0.05, 0.1) is 12.3 Å². The van der Waals surface area contributed by atoms with Gasteiger partial charge < -0.3 is 9.84 Å². The summed E-state index contributed by atoms with van der Waals surface area (Å²) in [7, 11) is 0. The number of carboxylic acids is 1. The van der Waals surface area contributed by atoms with Gasteiger partial charge in [0.15, 0.2) is 0 Å². The van der Waals surface area contributed by atoms with Crippen LogP contribution in [0.4, 0.5) is 0 Å². The molecule has 0 saturated heterocycles. The lowest BCUT2D eigenvalue weighted by atomic mass is 9.79. The van der Waals surface area contributed by atoms with Crippen molar-refractivity contribution in [2.75, 3.05) is 0 Å². The van der Waals surface area contributed by atoms with Crippen molar-refractivity contribution in [3.05, 3.63) is 12.7 Å². The number of carboxylic acid groups (broad SMARTS) is 1. The molecule has 4 heteroatoms. The quantitative estimate of drug-likeness (QED) is 0.569. The first-order valence-electron chi connectivity index (χ1n) is 6.79. The van der Waals surface area contributed by atoms with E-state index in [2.05, 4.69) is 6.58 Å². The molecule has 3 atom stereocenters. The van der Waals surface area contributed by atoms with Crippen molar-refractivity contribution in [3.63, 3.8) is 0 Å². The highest BCUT2D eigenvalue weighted by atomic mass is 16.5. The van der Waals surface area contributed by atoms with Gasteiger partial charge in [-0.15, -0.1) is 6.58 Å². The number of ether oxygens (including phenoxy) is 1. The largest absolute Gasteiger partial charge is 0.481 e. The average molecular weight is 268 g/mol. The van der Waals surface area contributed by atoms with Crippen LogP contribution in [0.5, 0.6) is 0 Å². The Kier molecular flexibility index (Phi) is 5.15. The van der Waals surface area contributed by atoms with Crippen molar-refractivity contribution < 1.29 is 19.4 Å². The van der Waals surface area contributed by atoms with E-state index >= 15 is 0 Å². The molecule has 0 aromatic heterocycles. The van der Waals surface area contributed by atoms with Gasteiger partial charge in [0.1, 0.15) is 6.10 Å². The average Bonchev–Trinajstić information content (AvgIpc) is 2.99. The third-order valence-electron chi connectivity index (χ3n) is 3.60. The number of esters is 1. The van der Waals surface area contributed by atoms with E-state index in [1.165, 1.54) is 0 Å². The highest BCUT2D eigenvalue weighted by Gasteiger charge is 2.41. The lowest BCUT2D eigenvalue weighted by Gasteiger charge is -2.26. The van der Waals surface area contributed by atoms with E-state index in [-0.39, 0.29) is 12.5 Å². The molecule has 1 N–H and O–H groups in total. The Morgan fingerprint density at radius 1 is 1.47 bits per heavy atom. The standard InChI is InChI=1S/C15H24O4/c1-5-6-7-10-8-12(10)19-13(16)9-11(14(17)18)15(2,3)4/h5,10-12H,1,6-9H2,2-4H3,(H,17,18)/t10-,11-,12-/m1/s1. The fourth-order valence-corrected chi connectivity index (χ4v) is 2.15. The monoisotopic (exact) mass is 268 g/mol. The lowest BCUT2D eigenvalue weighted by Crippen LogP contribution is -2.31. The molecule has 0 heterocycles. The molecule has 0 radical (unpaired) electrons. The molecule has 19 heavy (non-hydrogen) atoms. The minimum atomic E-state index is -0.941. The second-order valence-corrected chi connectivity index (χ2v) is 6.35. The molecule has 1 aliphatic carbocycles. The van der Waals surface area contributed by atoms with Crippen LogP contribution in [0.3, 0.4) is 0 Å². The number of carbonyl (C=O) groups excluding carboxylic acids is 1. The molecule has 4 nitrogen and oxygen atoms in total. The van der Waals surface area contributed by atoms with E-state index < -0.39 is 23.3 Å². The predicted octanol–water partition coefficient (Wildman–Crippen LogP) is 3.02. The van der Waals surface area contributed by atoms with Gasteiger partial charge in [-0.3, -0.25) is 9.59 Å². The zero-order chi connectivity index (χ0) is 14.6. The molecule has 0 aromatic carbocycles. The molecule has 1 fully saturated rings. The van der Waals surface area contributed by atoms with Gasteiger partial charge in [-0.05, 0) is 30.6 Å². The van der Waals surface area contributed by atoms with Gasteiger partial charge in [0.25, 0.3) is 0 Å². The van der Waals surface area contributed by atoms with Crippen LogP contribution < -0.4 is 0 Å². The smallest absolute Gasteiger partial charge is 0.307 e. The minimum absolute atomic E-state index is 0.0122. The first-order chi connectivity index (χ1) is 8.75. The fraction of sp³-hybridized carbons (Fsp3) is 0.733. The van der Waals surface area contributed by atoms with E-state index in [9.17, 15) is 9.59 Å². The number of aliphatic carboxylic acids is 1.